The first kappa shape index (κ1) is 17.8. The second kappa shape index (κ2) is 7.64. The molecule has 1 aromatic carbocycles. The predicted molar refractivity (Wildman–Crippen MR) is 83.4 cm³/mol. The van der Waals surface area contributed by atoms with Gasteiger partial charge in [0.05, 0.1) is 0 Å². The lowest BCUT2D eigenvalue weighted by Crippen LogP contribution is -2.38. The first-order valence-electron chi connectivity index (χ1n) is 6.19. The van der Waals surface area contributed by atoms with Crippen LogP contribution in [-0.4, -0.2) is 37.8 Å². The maximum absolute atomic E-state index is 14.0. The maximum atomic E-state index is 14.0. The molecular weight excluding hydrogens is 321 g/mol. The smallest absolute Gasteiger partial charge is 0.207 e. The summed E-state index contributed by atoms with van der Waals surface area (Å²) in [7, 11) is -2.33. The number of hydrogen-bond acceptors (Lipinski definition) is 3. The summed E-state index contributed by atoms with van der Waals surface area (Å²) in [6, 6.07) is 3.84. The van der Waals surface area contributed by atoms with Crippen molar-refractivity contribution in [1.82, 2.24) is 4.31 Å². The van der Waals surface area contributed by atoms with Gasteiger partial charge in [-0.3, -0.25) is 0 Å². The van der Waals surface area contributed by atoms with Crippen LogP contribution in [0, 0.1) is 5.82 Å². The molecule has 0 bridgehead atoms. The zero-order valence-electron chi connectivity index (χ0n) is 11.8. The molecule has 20 heavy (non-hydrogen) atoms. The quantitative estimate of drug-likeness (QED) is 0.715. The van der Waals surface area contributed by atoms with E-state index in [1.165, 1.54) is 29.6 Å². The predicted octanol–water partition coefficient (Wildman–Crippen LogP) is 3.33. The molecule has 0 aliphatic rings. The number of thioether (sulfide) groups is 1. The van der Waals surface area contributed by atoms with Crippen LogP contribution in [-0.2, 0) is 15.9 Å². The van der Waals surface area contributed by atoms with Gasteiger partial charge in [-0.05, 0) is 30.4 Å². The van der Waals surface area contributed by atoms with E-state index in [4.69, 9.17) is 11.6 Å². The van der Waals surface area contributed by atoms with Crippen molar-refractivity contribution in [2.75, 3.05) is 19.1 Å². The Kier molecular flexibility index (Phi) is 6.78. The number of rotatable bonds is 7. The lowest BCUT2D eigenvalue weighted by Gasteiger charge is -2.26. The fraction of sp³-hybridized carbons (Fsp3) is 0.538. The summed E-state index contributed by atoms with van der Waals surface area (Å²) in [4.78, 5) is -0.298. The summed E-state index contributed by atoms with van der Waals surface area (Å²) in [5, 5.41) is 0. The molecule has 114 valence electrons. The zero-order valence-corrected chi connectivity index (χ0v) is 14.2. The molecular formula is C13H19ClFNO2S2. The van der Waals surface area contributed by atoms with Crippen LogP contribution in [0.15, 0.2) is 23.1 Å². The molecule has 0 aliphatic heterocycles. The third-order valence-electron chi connectivity index (χ3n) is 3.15. The van der Waals surface area contributed by atoms with Gasteiger partial charge >= 0.3 is 0 Å². The summed E-state index contributed by atoms with van der Waals surface area (Å²) in [5.74, 6) is 0.0686. The van der Waals surface area contributed by atoms with Gasteiger partial charge in [-0.25, -0.2) is 12.8 Å². The van der Waals surface area contributed by atoms with E-state index in [-0.39, 0.29) is 16.8 Å². The molecule has 0 heterocycles. The van der Waals surface area contributed by atoms with Crippen molar-refractivity contribution in [2.24, 2.45) is 0 Å². The number of halogens is 2. The van der Waals surface area contributed by atoms with E-state index in [2.05, 4.69) is 0 Å². The van der Waals surface area contributed by atoms with Crippen LogP contribution in [0.5, 0.6) is 0 Å². The summed E-state index contributed by atoms with van der Waals surface area (Å²) >= 11 is 7.18. The van der Waals surface area contributed by atoms with Crippen molar-refractivity contribution in [3.8, 4) is 0 Å². The van der Waals surface area contributed by atoms with Gasteiger partial charge in [0, 0.05) is 24.7 Å². The highest BCUT2D eigenvalue weighted by Gasteiger charge is 2.29. The third kappa shape index (κ3) is 3.87. The average Bonchev–Trinajstić information content (AvgIpc) is 2.43. The zero-order chi connectivity index (χ0) is 15.3. The van der Waals surface area contributed by atoms with Crippen LogP contribution in [0.4, 0.5) is 4.39 Å². The highest BCUT2D eigenvalue weighted by molar-refractivity contribution is 7.98. The van der Waals surface area contributed by atoms with E-state index in [0.717, 1.165) is 0 Å². The van der Waals surface area contributed by atoms with Crippen LogP contribution in [0.3, 0.4) is 0 Å². The molecule has 0 saturated heterocycles. The van der Waals surface area contributed by atoms with E-state index in [0.29, 0.717) is 17.7 Å². The average molecular weight is 340 g/mol. The third-order valence-corrected chi connectivity index (χ3v) is 6.12. The Bertz CT molecular complexity index is 551. The van der Waals surface area contributed by atoms with Crippen molar-refractivity contribution in [3.05, 3.63) is 29.6 Å². The molecule has 1 aromatic rings. The van der Waals surface area contributed by atoms with Gasteiger partial charge in [0.1, 0.15) is 10.7 Å². The van der Waals surface area contributed by atoms with Crippen molar-refractivity contribution in [1.29, 1.82) is 0 Å². The number of hydrogen-bond donors (Lipinski definition) is 0. The van der Waals surface area contributed by atoms with Gasteiger partial charge in [-0.15, -0.1) is 11.6 Å². The summed E-state index contributed by atoms with van der Waals surface area (Å²) in [6.07, 6.45) is 2.59. The SMILES string of the molecule is CCC(CSC)N(C)S(=O)(=O)c1ccc(CCl)cc1F. The molecule has 0 aromatic heterocycles. The number of alkyl halides is 1. The second-order valence-electron chi connectivity index (χ2n) is 4.44. The Morgan fingerprint density at radius 1 is 1.45 bits per heavy atom. The molecule has 0 radical (unpaired) electrons. The Hall–Kier alpha value is -0.300. The molecule has 1 rings (SSSR count). The fourth-order valence-corrected chi connectivity index (χ4v) is 4.44. The van der Waals surface area contributed by atoms with Crippen molar-refractivity contribution in [2.45, 2.75) is 30.2 Å². The van der Waals surface area contributed by atoms with Gasteiger partial charge in [-0.2, -0.15) is 16.1 Å². The first-order valence-corrected chi connectivity index (χ1v) is 9.56. The molecule has 0 amide bonds. The molecule has 3 nitrogen and oxygen atoms in total. The number of nitrogens with zero attached hydrogens (tertiary/aromatic N) is 1. The Labute approximate surface area is 129 Å². The van der Waals surface area contributed by atoms with E-state index in [9.17, 15) is 12.8 Å². The van der Waals surface area contributed by atoms with Crippen LogP contribution >= 0.6 is 23.4 Å². The number of benzene rings is 1. The molecule has 1 unspecified atom stereocenters. The molecule has 0 aliphatic carbocycles. The largest absolute Gasteiger partial charge is 0.246 e. The lowest BCUT2D eigenvalue weighted by atomic mass is 10.2. The standard InChI is InChI=1S/C13H19ClFNO2S2/c1-4-11(9-19-3)16(2)20(17,18)13-6-5-10(8-14)7-12(13)15/h5-7,11H,4,8-9H2,1-3H3. The highest BCUT2D eigenvalue weighted by atomic mass is 35.5. The number of sulfonamides is 1. The van der Waals surface area contributed by atoms with Gasteiger partial charge < -0.3 is 0 Å². The van der Waals surface area contributed by atoms with Gasteiger partial charge in [0.25, 0.3) is 0 Å². The minimum atomic E-state index is -3.83. The first-order chi connectivity index (χ1) is 9.38. The molecule has 0 fully saturated rings. The molecule has 7 heteroatoms. The molecule has 0 N–H and O–H groups in total. The second-order valence-corrected chi connectivity index (χ2v) is 7.58. The van der Waals surface area contributed by atoms with Crippen molar-refractivity contribution < 1.29 is 12.8 Å². The monoisotopic (exact) mass is 339 g/mol. The van der Waals surface area contributed by atoms with E-state index < -0.39 is 15.8 Å². The van der Waals surface area contributed by atoms with Crippen LogP contribution in [0.25, 0.3) is 0 Å². The van der Waals surface area contributed by atoms with Crippen LogP contribution in [0.1, 0.15) is 18.9 Å². The topological polar surface area (TPSA) is 37.4 Å². The summed E-state index contributed by atoms with van der Waals surface area (Å²) in [5.41, 5.74) is 0.557. The summed E-state index contributed by atoms with van der Waals surface area (Å²) < 4.78 is 40.2. The van der Waals surface area contributed by atoms with Crippen LogP contribution in [0.2, 0.25) is 0 Å². The highest BCUT2D eigenvalue weighted by Crippen LogP contribution is 2.23. The van der Waals surface area contributed by atoms with Crippen molar-refractivity contribution >= 4 is 33.4 Å². The van der Waals surface area contributed by atoms with Crippen molar-refractivity contribution in [3.63, 3.8) is 0 Å². The Morgan fingerprint density at radius 3 is 2.55 bits per heavy atom. The van der Waals surface area contributed by atoms with Gasteiger partial charge in [0.2, 0.25) is 10.0 Å². The van der Waals surface area contributed by atoms with E-state index in [1.807, 2.05) is 13.2 Å². The van der Waals surface area contributed by atoms with Crippen LogP contribution < -0.4 is 0 Å². The fourth-order valence-electron chi connectivity index (χ4n) is 1.86. The minimum Gasteiger partial charge on any atom is -0.207 e. The Balaban J connectivity index is 3.15. The maximum Gasteiger partial charge on any atom is 0.246 e. The normalized spacial score (nSPS) is 13.7. The lowest BCUT2D eigenvalue weighted by molar-refractivity contribution is 0.383. The molecule has 1 atom stereocenters. The summed E-state index contributed by atoms with van der Waals surface area (Å²) in [6.45, 7) is 1.92. The Morgan fingerprint density at radius 2 is 2.10 bits per heavy atom. The van der Waals surface area contributed by atoms with Gasteiger partial charge in [0.15, 0.2) is 0 Å². The van der Waals surface area contributed by atoms with E-state index in [1.54, 1.807) is 11.8 Å². The molecule has 0 spiro atoms. The minimum absolute atomic E-state index is 0.150. The van der Waals surface area contributed by atoms with E-state index >= 15 is 0 Å². The molecule has 0 saturated carbocycles. The van der Waals surface area contributed by atoms with Gasteiger partial charge in [-0.1, -0.05) is 13.0 Å².